The van der Waals surface area contributed by atoms with Gasteiger partial charge in [0, 0.05) is 0 Å². The van der Waals surface area contributed by atoms with Gasteiger partial charge in [-0.15, -0.1) is 0 Å². The molecule has 0 unspecified atom stereocenters. The van der Waals surface area contributed by atoms with Gasteiger partial charge in [-0.25, -0.2) is 0 Å². The van der Waals surface area contributed by atoms with E-state index in [-0.39, 0.29) is 0 Å². The number of hydrogen-bond donors (Lipinski definition) is 1. The van der Waals surface area contributed by atoms with E-state index >= 15 is 0 Å². The molecule has 1 fully saturated rings. The molecule has 0 aromatic heterocycles. The molecule has 4 heteroatoms. The summed E-state index contributed by atoms with van der Waals surface area (Å²) in [5, 5.41) is 9.22. The topological polar surface area (TPSA) is 55.8 Å². The lowest BCUT2D eigenvalue weighted by Crippen LogP contribution is -2.19. The monoisotopic (exact) mass is 236 g/mol. The van der Waals surface area contributed by atoms with Gasteiger partial charge in [-0.2, -0.15) is 0 Å². The van der Waals surface area contributed by atoms with Gasteiger partial charge in [0.2, 0.25) is 0 Å². The Balaban J connectivity index is 2.35. The van der Waals surface area contributed by atoms with Crippen LogP contribution in [0.2, 0.25) is 0 Å². The second kappa shape index (κ2) is 4.28. The Morgan fingerprint density at radius 3 is 2.59 bits per heavy atom. The average molecular weight is 236 g/mol. The maximum Gasteiger partial charge on any atom is 0.314 e. The third kappa shape index (κ3) is 1.95. The highest BCUT2D eigenvalue weighted by Gasteiger charge is 2.51. The molecule has 92 valence electrons. The van der Waals surface area contributed by atoms with E-state index in [4.69, 9.17) is 9.47 Å². The van der Waals surface area contributed by atoms with Gasteiger partial charge >= 0.3 is 5.97 Å². The van der Waals surface area contributed by atoms with Crippen LogP contribution in [0, 0.1) is 0 Å². The summed E-state index contributed by atoms with van der Waals surface area (Å²) in [6.07, 6.45) is 1.39. The minimum absolute atomic E-state index is 0.555. The van der Waals surface area contributed by atoms with Crippen molar-refractivity contribution in [1.82, 2.24) is 0 Å². The summed E-state index contributed by atoms with van der Waals surface area (Å²) in [6.45, 7) is 2.45. The summed E-state index contributed by atoms with van der Waals surface area (Å²) in [6, 6.07) is 5.36. The highest BCUT2D eigenvalue weighted by Crippen LogP contribution is 2.50. The molecule has 1 aromatic carbocycles. The van der Waals surface area contributed by atoms with Gasteiger partial charge in [-0.3, -0.25) is 4.79 Å². The van der Waals surface area contributed by atoms with E-state index in [2.05, 4.69) is 0 Å². The second-order valence-corrected chi connectivity index (χ2v) is 4.19. The maximum atomic E-state index is 11.2. The highest BCUT2D eigenvalue weighted by atomic mass is 16.5. The first kappa shape index (κ1) is 11.8. The van der Waals surface area contributed by atoms with E-state index in [1.165, 1.54) is 0 Å². The Labute approximate surface area is 100 Å². The number of carboxylic acid groups (broad SMARTS) is 1. The molecule has 4 nitrogen and oxygen atoms in total. The van der Waals surface area contributed by atoms with Gasteiger partial charge in [-0.05, 0) is 37.5 Å². The average Bonchev–Trinajstić information content (AvgIpc) is 3.11. The van der Waals surface area contributed by atoms with Gasteiger partial charge in [-0.1, -0.05) is 6.07 Å². The van der Waals surface area contributed by atoms with Crippen molar-refractivity contribution in [3.63, 3.8) is 0 Å². The molecule has 17 heavy (non-hydrogen) atoms. The highest BCUT2D eigenvalue weighted by molar-refractivity contribution is 5.85. The van der Waals surface area contributed by atoms with Gasteiger partial charge < -0.3 is 14.6 Å². The van der Waals surface area contributed by atoms with E-state index in [9.17, 15) is 9.90 Å². The number of hydrogen-bond acceptors (Lipinski definition) is 3. The Morgan fingerprint density at radius 1 is 1.41 bits per heavy atom. The van der Waals surface area contributed by atoms with Crippen LogP contribution in [0.25, 0.3) is 0 Å². The van der Waals surface area contributed by atoms with Crippen molar-refractivity contribution >= 4 is 5.97 Å². The molecule has 0 bridgehead atoms. The zero-order valence-corrected chi connectivity index (χ0v) is 10.0. The lowest BCUT2D eigenvalue weighted by Gasteiger charge is -2.14. The van der Waals surface area contributed by atoms with Crippen molar-refractivity contribution in [2.45, 2.75) is 25.2 Å². The zero-order valence-electron chi connectivity index (χ0n) is 10.0. The standard InChI is InChI=1S/C13H16O4/c1-3-17-10-5-4-9(8-11(10)16-2)13(6-7-13)12(14)15/h4-5,8H,3,6-7H2,1-2H3,(H,14,15). The van der Waals surface area contributed by atoms with Crippen LogP contribution in [0.5, 0.6) is 11.5 Å². The van der Waals surface area contributed by atoms with Crippen LogP contribution in [-0.2, 0) is 10.2 Å². The molecule has 0 atom stereocenters. The number of rotatable bonds is 5. The van der Waals surface area contributed by atoms with Crippen molar-refractivity contribution in [3.05, 3.63) is 23.8 Å². The Bertz CT molecular complexity index is 435. The molecular weight excluding hydrogens is 220 g/mol. The molecule has 1 aromatic rings. The third-order valence-corrected chi connectivity index (χ3v) is 3.18. The lowest BCUT2D eigenvalue weighted by molar-refractivity contribution is -0.140. The first-order chi connectivity index (χ1) is 8.14. The number of benzene rings is 1. The number of carbonyl (C=O) groups is 1. The summed E-state index contributed by atoms with van der Waals surface area (Å²) in [7, 11) is 1.56. The molecule has 1 saturated carbocycles. The molecule has 0 aliphatic heterocycles. The smallest absolute Gasteiger partial charge is 0.314 e. The van der Waals surface area contributed by atoms with Crippen LogP contribution < -0.4 is 9.47 Å². The molecule has 0 spiro atoms. The molecule has 1 aliphatic rings. The van der Waals surface area contributed by atoms with Crippen LogP contribution in [-0.4, -0.2) is 24.8 Å². The molecule has 0 radical (unpaired) electrons. The number of aliphatic carboxylic acids is 1. The summed E-state index contributed by atoms with van der Waals surface area (Å²) >= 11 is 0. The van der Waals surface area contributed by atoms with Crippen LogP contribution >= 0.6 is 0 Å². The fraction of sp³-hybridized carbons (Fsp3) is 0.462. The largest absolute Gasteiger partial charge is 0.493 e. The predicted octanol–water partition coefficient (Wildman–Crippen LogP) is 2.21. The van der Waals surface area contributed by atoms with Crippen molar-refractivity contribution in [2.75, 3.05) is 13.7 Å². The minimum atomic E-state index is -0.760. The van der Waals surface area contributed by atoms with Gasteiger partial charge in [0.05, 0.1) is 19.1 Å². The Morgan fingerprint density at radius 2 is 2.12 bits per heavy atom. The summed E-state index contributed by atoms with van der Waals surface area (Å²) in [4.78, 5) is 11.2. The quantitative estimate of drug-likeness (QED) is 0.851. The normalized spacial score (nSPS) is 16.4. The Hall–Kier alpha value is -1.71. The van der Waals surface area contributed by atoms with Gasteiger partial charge in [0.15, 0.2) is 11.5 Å². The van der Waals surface area contributed by atoms with Gasteiger partial charge in [0.1, 0.15) is 0 Å². The van der Waals surface area contributed by atoms with Crippen molar-refractivity contribution in [2.24, 2.45) is 0 Å². The number of ether oxygens (including phenoxy) is 2. The SMILES string of the molecule is CCOc1ccc(C2(C(=O)O)CC2)cc1OC. The van der Waals surface area contributed by atoms with E-state index in [0.717, 1.165) is 5.56 Å². The first-order valence-corrected chi connectivity index (χ1v) is 5.69. The predicted molar refractivity (Wildman–Crippen MR) is 62.7 cm³/mol. The van der Waals surface area contributed by atoms with Crippen LogP contribution in [0.4, 0.5) is 0 Å². The first-order valence-electron chi connectivity index (χ1n) is 5.69. The fourth-order valence-electron chi connectivity index (χ4n) is 1.99. The zero-order chi connectivity index (χ0) is 12.5. The molecule has 1 aliphatic carbocycles. The van der Waals surface area contributed by atoms with E-state index in [1.54, 1.807) is 19.2 Å². The van der Waals surface area contributed by atoms with Crippen molar-refractivity contribution in [3.8, 4) is 11.5 Å². The molecule has 0 heterocycles. The fourth-order valence-corrected chi connectivity index (χ4v) is 1.99. The van der Waals surface area contributed by atoms with E-state index in [1.807, 2.05) is 13.0 Å². The third-order valence-electron chi connectivity index (χ3n) is 3.18. The molecule has 1 N–H and O–H groups in total. The van der Waals surface area contributed by atoms with Crippen LogP contribution in [0.3, 0.4) is 0 Å². The lowest BCUT2D eigenvalue weighted by atomic mass is 9.96. The summed E-state index contributed by atoms with van der Waals surface area (Å²) < 4.78 is 10.6. The Kier molecular flexibility index (Phi) is 2.96. The second-order valence-electron chi connectivity index (χ2n) is 4.19. The minimum Gasteiger partial charge on any atom is -0.493 e. The molecule has 0 amide bonds. The summed E-state index contributed by atoms with van der Waals surface area (Å²) in [5.74, 6) is 0.487. The molecular formula is C13H16O4. The van der Waals surface area contributed by atoms with Crippen LogP contribution in [0.15, 0.2) is 18.2 Å². The van der Waals surface area contributed by atoms with Crippen molar-refractivity contribution < 1.29 is 19.4 Å². The number of carboxylic acids is 1. The van der Waals surface area contributed by atoms with Crippen molar-refractivity contribution in [1.29, 1.82) is 0 Å². The molecule has 0 saturated heterocycles. The van der Waals surface area contributed by atoms with Gasteiger partial charge in [0.25, 0.3) is 0 Å². The maximum absolute atomic E-state index is 11.2. The van der Waals surface area contributed by atoms with E-state index < -0.39 is 11.4 Å². The summed E-state index contributed by atoms with van der Waals surface area (Å²) in [5.41, 5.74) is 0.100. The number of methoxy groups -OCH3 is 1. The van der Waals surface area contributed by atoms with Crippen LogP contribution in [0.1, 0.15) is 25.3 Å². The van der Waals surface area contributed by atoms with E-state index in [0.29, 0.717) is 30.9 Å². The molecule has 2 rings (SSSR count).